The summed E-state index contributed by atoms with van der Waals surface area (Å²) in [6.45, 7) is 7.71. The van der Waals surface area contributed by atoms with Crippen LogP contribution in [0.2, 0.25) is 0 Å². The standard InChI is InChI=1S/C44H53N7O9/c1-46-24-33(30-12-16-50(44(57)60-4)26-34(30)41(46)54)28-21-37(58-2)35(38(22-28)59-3)25-48-14-10-27(11-15-48)9-13-47-17-19-49(20-18-47)29-5-6-31-32(23-29)43(56)51(42(31)55)36-7-8-39(52)45-40(36)53/h5-6,21-24,27,36H,7-20,25-26H2,1-4H3,(H,45,52,53). The van der Waals surface area contributed by atoms with E-state index in [0.29, 0.717) is 42.1 Å². The lowest BCUT2D eigenvalue weighted by Crippen LogP contribution is -2.54. The van der Waals surface area contributed by atoms with Gasteiger partial charge in [0.15, 0.2) is 0 Å². The van der Waals surface area contributed by atoms with Crippen LogP contribution in [0, 0.1) is 5.92 Å². The first kappa shape index (κ1) is 41.0. The van der Waals surface area contributed by atoms with Crippen LogP contribution in [-0.2, 0) is 40.9 Å². The molecule has 0 bridgehead atoms. The molecule has 8 rings (SSSR count). The Morgan fingerprint density at radius 2 is 1.47 bits per heavy atom. The number of ether oxygens (including phenoxy) is 3. The second kappa shape index (κ2) is 17.1. The number of benzene rings is 2. The molecular weight excluding hydrogens is 771 g/mol. The van der Waals surface area contributed by atoms with E-state index in [0.717, 1.165) is 109 Å². The van der Waals surface area contributed by atoms with E-state index in [1.54, 1.807) is 42.9 Å². The zero-order chi connectivity index (χ0) is 42.2. The third kappa shape index (κ3) is 7.85. The van der Waals surface area contributed by atoms with E-state index in [1.165, 1.54) is 7.11 Å². The number of rotatable bonds is 10. The van der Waals surface area contributed by atoms with E-state index in [-0.39, 0.29) is 24.9 Å². The van der Waals surface area contributed by atoms with Crippen molar-refractivity contribution in [1.82, 2.24) is 29.5 Å². The third-order valence-corrected chi connectivity index (χ3v) is 13.0. The number of anilines is 1. The van der Waals surface area contributed by atoms with Crippen LogP contribution in [0.5, 0.6) is 11.5 Å². The number of fused-ring (bicyclic) bond motifs is 2. The molecule has 5 aliphatic heterocycles. The molecule has 5 aliphatic rings. The molecule has 1 atom stereocenters. The number of methoxy groups -OCH3 is 3. The zero-order valence-corrected chi connectivity index (χ0v) is 34.8. The number of hydrogen-bond acceptors (Lipinski definition) is 12. The number of carbonyl (C=O) groups is 5. The average molecular weight is 824 g/mol. The summed E-state index contributed by atoms with van der Waals surface area (Å²) in [5.74, 6) is 0.113. The zero-order valence-electron chi connectivity index (χ0n) is 34.8. The summed E-state index contributed by atoms with van der Waals surface area (Å²) in [5, 5.41) is 2.25. The van der Waals surface area contributed by atoms with Crippen molar-refractivity contribution in [1.29, 1.82) is 0 Å². The summed E-state index contributed by atoms with van der Waals surface area (Å²) in [6, 6.07) is 8.41. The number of piperazine rings is 1. The number of amides is 5. The first-order chi connectivity index (χ1) is 29.0. The minimum atomic E-state index is -0.975. The van der Waals surface area contributed by atoms with Gasteiger partial charge in [-0.2, -0.15) is 0 Å². The summed E-state index contributed by atoms with van der Waals surface area (Å²) < 4.78 is 18.4. The molecule has 318 valence electrons. The molecule has 3 saturated heterocycles. The number of nitrogens with zero attached hydrogens (tertiary/aromatic N) is 6. The summed E-state index contributed by atoms with van der Waals surface area (Å²) in [6.07, 6.45) is 5.51. The fourth-order valence-electron chi connectivity index (χ4n) is 9.54. The van der Waals surface area contributed by atoms with Gasteiger partial charge in [0.2, 0.25) is 11.8 Å². The number of carbonyl (C=O) groups excluding carboxylic acids is 5. The SMILES string of the molecule is COC(=O)N1CCc2c(-c3cc(OC)c(CN4CCC(CCN5CCN(c6ccc7c(c6)C(=O)N(C6CCC(=O)NC6=O)C7=O)CC5)CC4)c(OC)c3)cn(C)c(=O)c2C1. The minimum Gasteiger partial charge on any atom is -0.496 e. The summed E-state index contributed by atoms with van der Waals surface area (Å²) >= 11 is 0. The molecule has 60 heavy (non-hydrogen) atoms. The molecule has 3 fully saturated rings. The molecule has 16 nitrogen and oxygen atoms in total. The lowest BCUT2D eigenvalue weighted by atomic mass is 9.91. The number of aromatic nitrogens is 1. The van der Waals surface area contributed by atoms with Gasteiger partial charge < -0.3 is 28.6 Å². The topological polar surface area (TPSA) is 163 Å². The molecule has 3 aromatic rings. The highest BCUT2D eigenvalue weighted by Gasteiger charge is 2.45. The van der Waals surface area contributed by atoms with Crippen LogP contribution in [0.3, 0.4) is 0 Å². The second-order valence-corrected chi connectivity index (χ2v) is 16.4. The van der Waals surface area contributed by atoms with E-state index < -0.39 is 35.8 Å². The summed E-state index contributed by atoms with van der Waals surface area (Å²) in [5.41, 5.74) is 5.67. The molecule has 1 unspecified atom stereocenters. The maximum Gasteiger partial charge on any atom is 0.409 e. The molecule has 16 heteroatoms. The second-order valence-electron chi connectivity index (χ2n) is 16.4. The number of imide groups is 2. The molecular formula is C44H53N7O9. The molecule has 5 amide bonds. The van der Waals surface area contributed by atoms with Crippen molar-refractivity contribution in [2.45, 2.75) is 57.7 Å². The third-order valence-electron chi connectivity index (χ3n) is 13.0. The van der Waals surface area contributed by atoms with Gasteiger partial charge >= 0.3 is 6.09 Å². The normalized spacial score (nSPS) is 20.3. The number of nitrogens with one attached hydrogen (secondary N) is 1. The first-order valence-electron chi connectivity index (χ1n) is 20.8. The molecule has 1 N–H and O–H groups in total. The van der Waals surface area contributed by atoms with Crippen molar-refractivity contribution >= 4 is 35.4 Å². The molecule has 2 aromatic carbocycles. The van der Waals surface area contributed by atoms with Crippen molar-refractivity contribution in [3.8, 4) is 22.6 Å². The number of likely N-dealkylation sites (tertiary alicyclic amines) is 1. The number of pyridine rings is 1. The predicted molar refractivity (Wildman–Crippen MR) is 221 cm³/mol. The maximum absolute atomic E-state index is 13.4. The van der Waals surface area contributed by atoms with Gasteiger partial charge in [0.25, 0.3) is 17.4 Å². The molecule has 0 spiro atoms. The van der Waals surface area contributed by atoms with Gasteiger partial charge in [-0.15, -0.1) is 0 Å². The van der Waals surface area contributed by atoms with Crippen molar-refractivity contribution in [3.05, 3.63) is 74.7 Å². The predicted octanol–water partition coefficient (Wildman–Crippen LogP) is 3.02. The van der Waals surface area contributed by atoms with Crippen molar-refractivity contribution in [2.24, 2.45) is 13.0 Å². The fraction of sp³-hybridized carbons (Fsp3) is 0.500. The van der Waals surface area contributed by atoms with Crippen LogP contribution in [0.15, 0.2) is 41.3 Å². The van der Waals surface area contributed by atoms with Gasteiger partial charge in [-0.05, 0) is 99.1 Å². The molecule has 0 radical (unpaired) electrons. The lowest BCUT2D eigenvalue weighted by Gasteiger charge is -2.38. The van der Waals surface area contributed by atoms with Crippen molar-refractivity contribution in [2.75, 3.05) is 78.6 Å². The van der Waals surface area contributed by atoms with Gasteiger partial charge in [0, 0.05) is 75.7 Å². The average Bonchev–Trinajstić information content (AvgIpc) is 3.51. The van der Waals surface area contributed by atoms with Crippen LogP contribution in [-0.4, -0.2) is 134 Å². The number of aryl methyl sites for hydroxylation is 1. The van der Waals surface area contributed by atoms with Gasteiger partial charge in [-0.25, -0.2) is 4.79 Å². The van der Waals surface area contributed by atoms with E-state index in [9.17, 15) is 28.8 Å². The summed E-state index contributed by atoms with van der Waals surface area (Å²) in [7, 11) is 6.42. The molecule has 0 aliphatic carbocycles. The number of hydrogen-bond donors (Lipinski definition) is 1. The highest BCUT2D eigenvalue weighted by molar-refractivity contribution is 6.23. The Hall–Kier alpha value is -5.74. The Labute approximate surface area is 348 Å². The monoisotopic (exact) mass is 823 g/mol. The van der Waals surface area contributed by atoms with E-state index in [1.807, 2.05) is 24.4 Å². The van der Waals surface area contributed by atoms with Crippen LogP contribution < -0.4 is 25.2 Å². The van der Waals surface area contributed by atoms with E-state index in [2.05, 4.69) is 20.0 Å². The minimum absolute atomic E-state index is 0.0899. The van der Waals surface area contributed by atoms with Crippen molar-refractivity contribution < 1.29 is 38.2 Å². The highest BCUT2D eigenvalue weighted by Crippen LogP contribution is 2.39. The van der Waals surface area contributed by atoms with E-state index in [4.69, 9.17) is 14.2 Å². The van der Waals surface area contributed by atoms with E-state index >= 15 is 0 Å². The Bertz CT molecular complexity index is 2250. The Kier molecular flexibility index (Phi) is 11.7. The van der Waals surface area contributed by atoms with Gasteiger partial charge in [0.1, 0.15) is 17.5 Å². The smallest absolute Gasteiger partial charge is 0.409 e. The quantitative estimate of drug-likeness (QED) is 0.298. The van der Waals surface area contributed by atoms with Gasteiger partial charge in [-0.1, -0.05) is 0 Å². The largest absolute Gasteiger partial charge is 0.496 e. The fourth-order valence-corrected chi connectivity index (χ4v) is 9.54. The van der Waals surface area contributed by atoms with Crippen LogP contribution in [0.4, 0.5) is 10.5 Å². The number of piperidine rings is 2. The highest BCUT2D eigenvalue weighted by atomic mass is 16.5. The summed E-state index contributed by atoms with van der Waals surface area (Å²) in [4.78, 5) is 85.8. The molecule has 0 saturated carbocycles. The van der Waals surface area contributed by atoms with Crippen LogP contribution in [0.25, 0.3) is 11.1 Å². The molecule has 6 heterocycles. The van der Waals surface area contributed by atoms with Crippen LogP contribution >= 0.6 is 0 Å². The van der Waals surface area contributed by atoms with Gasteiger partial charge in [-0.3, -0.25) is 44.0 Å². The molecule has 1 aromatic heterocycles. The maximum atomic E-state index is 13.4. The van der Waals surface area contributed by atoms with Gasteiger partial charge in [0.05, 0.1) is 44.6 Å². The Morgan fingerprint density at radius 3 is 2.13 bits per heavy atom. The van der Waals surface area contributed by atoms with Crippen LogP contribution in [0.1, 0.15) is 69.5 Å². The Balaban J connectivity index is 0.838. The Morgan fingerprint density at radius 1 is 0.767 bits per heavy atom. The lowest BCUT2D eigenvalue weighted by molar-refractivity contribution is -0.136. The first-order valence-corrected chi connectivity index (χ1v) is 20.8. The van der Waals surface area contributed by atoms with Crippen molar-refractivity contribution in [3.63, 3.8) is 0 Å².